The molecule has 0 aliphatic carbocycles. The fourth-order valence-corrected chi connectivity index (χ4v) is 6.16. The van der Waals surface area contributed by atoms with Gasteiger partial charge in [-0.3, -0.25) is 5.41 Å². The second-order valence-electron chi connectivity index (χ2n) is 10.9. The Bertz CT molecular complexity index is 2310. The molecule has 0 aliphatic heterocycles. The predicted molar refractivity (Wildman–Crippen MR) is 180 cm³/mol. The maximum Gasteiger partial charge on any atom is 0.143 e. The molecule has 7 aromatic carbocycles. The molecule has 43 heavy (non-hydrogen) atoms. The lowest BCUT2D eigenvalue weighted by Gasteiger charge is -2.13. The fourth-order valence-electron chi connectivity index (χ4n) is 6.16. The van der Waals surface area contributed by atoms with E-state index >= 15 is 0 Å². The van der Waals surface area contributed by atoms with Crippen molar-refractivity contribution in [1.82, 2.24) is 0 Å². The van der Waals surface area contributed by atoms with Crippen molar-refractivity contribution in [3.63, 3.8) is 0 Å². The van der Waals surface area contributed by atoms with Crippen molar-refractivity contribution in [1.29, 1.82) is 5.41 Å². The number of fused-ring (bicyclic) bond motifs is 4. The molecule has 0 aliphatic rings. The Kier molecular flexibility index (Phi) is 5.98. The van der Waals surface area contributed by atoms with Crippen molar-refractivity contribution in [3.8, 4) is 33.4 Å². The van der Waals surface area contributed by atoms with E-state index in [1.54, 1.807) is 0 Å². The third kappa shape index (κ3) is 4.41. The standard InChI is InChI=1S/C41H27NO/c42-40(27-11-2-1-3-12-27)36-20-7-6-19-34(36)32-17-8-15-28(23-32)29-16-9-18-33(24-29)35-21-10-22-37-38-25-30-13-4-5-14-31(30)26-39(38)43-41(35)37/h1-26,42H. The highest BCUT2D eigenvalue weighted by molar-refractivity contribution is 6.15. The van der Waals surface area contributed by atoms with Crippen LogP contribution in [0.25, 0.3) is 66.1 Å². The summed E-state index contributed by atoms with van der Waals surface area (Å²) in [5.41, 5.74) is 10.8. The van der Waals surface area contributed by atoms with Gasteiger partial charge in [0.1, 0.15) is 11.2 Å². The molecule has 0 spiro atoms. The molecule has 8 rings (SSSR count). The number of benzene rings is 7. The molecule has 2 nitrogen and oxygen atoms in total. The van der Waals surface area contributed by atoms with Crippen molar-refractivity contribution in [2.24, 2.45) is 0 Å². The summed E-state index contributed by atoms with van der Waals surface area (Å²) in [7, 11) is 0. The van der Waals surface area contributed by atoms with Gasteiger partial charge in [-0.15, -0.1) is 0 Å². The summed E-state index contributed by atoms with van der Waals surface area (Å²) >= 11 is 0. The molecule has 0 atom stereocenters. The maximum atomic E-state index is 8.94. The van der Waals surface area contributed by atoms with Gasteiger partial charge in [-0.2, -0.15) is 0 Å². The molecule has 8 aromatic rings. The van der Waals surface area contributed by atoms with Crippen molar-refractivity contribution in [3.05, 3.63) is 169 Å². The summed E-state index contributed by atoms with van der Waals surface area (Å²) in [5.74, 6) is 0. The number of hydrogen-bond donors (Lipinski definition) is 1. The van der Waals surface area contributed by atoms with Crippen molar-refractivity contribution < 1.29 is 4.42 Å². The average molecular weight is 550 g/mol. The Morgan fingerprint density at radius 2 is 1.02 bits per heavy atom. The van der Waals surface area contributed by atoms with Crippen LogP contribution in [0.1, 0.15) is 11.1 Å². The number of rotatable bonds is 5. The Hall–Kier alpha value is -5.73. The third-order valence-corrected chi connectivity index (χ3v) is 8.30. The van der Waals surface area contributed by atoms with E-state index in [1.807, 2.05) is 48.5 Å². The third-order valence-electron chi connectivity index (χ3n) is 8.30. The van der Waals surface area contributed by atoms with Gasteiger partial charge in [0.2, 0.25) is 0 Å². The van der Waals surface area contributed by atoms with Crippen molar-refractivity contribution in [2.75, 3.05) is 0 Å². The van der Waals surface area contributed by atoms with E-state index in [2.05, 4.69) is 109 Å². The van der Waals surface area contributed by atoms with Gasteiger partial charge >= 0.3 is 0 Å². The zero-order chi connectivity index (χ0) is 28.8. The first-order valence-electron chi connectivity index (χ1n) is 14.5. The minimum atomic E-state index is 0.524. The van der Waals surface area contributed by atoms with Gasteiger partial charge in [-0.25, -0.2) is 0 Å². The van der Waals surface area contributed by atoms with E-state index in [9.17, 15) is 0 Å². The number of nitrogens with one attached hydrogen (secondary N) is 1. The largest absolute Gasteiger partial charge is 0.455 e. The lowest BCUT2D eigenvalue weighted by molar-refractivity contribution is 0.670. The van der Waals surface area contributed by atoms with E-state index in [-0.39, 0.29) is 0 Å². The SMILES string of the molecule is N=C(c1ccccc1)c1ccccc1-c1cccc(-c2cccc(-c3cccc4c3oc3cc5ccccc5cc34)c2)c1. The molecular formula is C41H27NO. The Balaban J connectivity index is 1.21. The van der Waals surface area contributed by atoms with Crippen LogP contribution in [0.2, 0.25) is 0 Å². The summed E-state index contributed by atoms with van der Waals surface area (Å²) in [6.45, 7) is 0. The zero-order valence-corrected chi connectivity index (χ0v) is 23.4. The minimum Gasteiger partial charge on any atom is -0.455 e. The molecule has 0 fully saturated rings. The Morgan fingerprint density at radius 1 is 0.442 bits per heavy atom. The highest BCUT2D eigenvalue weighted by Crippen LogP contribution is 2.39. The van der Waals surface area contributed by atoms with Gasteiger partial charge in [0.15, 0.2) is 0 Å². The quantitative estimate of drug-likeness (QED) is 0.213. The maximum absolute atomic E-state index is 8.94. The van der Waals surface area contributed by atoms with Crippen LogP contribution in [0.3, 0.4) is 0 Å². The van der Waals surface area contributed by atoms with Gasteiger partial charge in [0, 0.05) is 27.5 Å². The lowest BCUT2D eigenvalue weighted by Crippen LogP contribution is -2.03. The minimum absolute atomic E-state index is 0.524. The summed E-state index contributed by atoms with van der Waals surface area (Å²) in [6, 6.07) is 54.6. The normalized spacial score (nSPS) is 11.3. The van der Waals surface area contributed by atoms with Crippen LogP contribution < -0.4 is 0 Å². The van der Waals surface area contributed by atoms with Gasteiger partial charge in [-0.1, -0.05) is 133 Å². The van der Waals surface area contributed by atoms with Crippen LogP contribution in [-0.2, 0) is 0 Å². The molecule has 0 radical (unpaired) electrons. The monoisotopic (exact) mass is 549 g/mol. The Labute approximate surface area is 250 Å². The molecule has 1 aromatic heterocycles. The first-order valence-corrected chi connectivity index (χ1v) is 14.5. The van der Waals surface area contributed by atoms with E-state index < -0.39 is 0 Å². The summed E-state index contributed by atoms with van der Waals surface area (Å²) in [6.07, 6.45) is 0. The van der Waals surface area contributed by atoms with Gasteiger partial charge in [-0.05, 0) is 62.9 Å². The lowest BCUT2D eigenvalue weighted by atomic mass is 9.91. The highest BCUT2D eigenvalue weighted by atomic mass is 16.3. The van der Waals surface area contributed by atoms with E-state index in [0.29, 0.717) is 5.71 Å². The van der Waals surface area contributed by atoms with E-state index in [4.69, 9.17) is 9.83 Å². The molecule has 0 unspecified atom stereocenters. The fraction of sp³-hybridized carbons (Fsp3) is 0. The Morgan fingerprint density at radius 3 is 1.79 bits per heavy atom. The summed E-state index contributed by atoms with van der Waals surface area (Å²) < 4.78 is 6.52. The van der Waals surface area contributed by atoms with Gasteiger partial charge < -0.3 is 4.42 Å². The second kappa shape index (κ2) is 10.3. The smallest absolute Gasteiger partial charge is 0.143 e. The first-order chi connectivity index (χ1) is 21.2. The van der Waals surface area contributed by atoms with Gasteiger partial charge in [0.25, 0.3) is 0 Å². The summed E-state index contributed by atoms with van der Waals surface area (Å²) in [4.78, 5) is 0. The molecule has 0 saturated heterocycles. The topological polar surface area (TPSA) is 37.0 Å². The van der Waals surface area contributed by atoms with Crippen LogP contribution in [0.15, 0.2) is 162 Å². The average Bonchev–Trinajstić information content (AvgIpc) is 3.45. The number of furan rings is 1. The predicted octanol–water partition coefficient (Wildman–Crippen LogP) is 11.2. The van der Waals surface area contributed by atoms with Crippen molar-refractivity contribution >= 4 is 38.4 Å². The molecule has 1 N–H and O–H groups in total. The summed E-state index contributed by atoms with van der Waals surface area (Å²) in [5, 5.41) is 13.6. The molecule has 2 heteroatoms. The van der Waals surface area contributed by atoms with Gasteiger partial charge in [0.05, 0.1) is 5.71 Å². The highest BCUT2D eigenvalue weighted by Gasteiger charge is 2.15. The van der Waals surface area contributed by atoms with Crippen LogP contribution in [0.4, 0.5) is 0 Å². The molecule has 1 heterocycles. The van der Waals surface area contributed by atoms with Crippen LogP contribution in [-0.4, -0.2) is 5.71 Å². The second-order valence-corrected chi connectivity index (χ2v) is 10.9. The zero-order valence-electron chi connectivity index (χ0n) is 23.4. The van der Waals surface area contributed by atoms with Crippen LogP contribution >= 0.6 is 0 Å². The van der Waals surface area contributed by atoms with Crippen LogP contribution in [0, 0.1) is 5.41 Å². The molecule has 0 bridgehead atoms. The molecule has 0 amide bonds. The number of para-hydroxylation sites is 1. The molecular weight excluding hydrogens is 522 g/mol. The number of hydrogen-bond acceptors (Lipinski definition) is 2. The van der Waals surface area contributed by atoms with Crippen molar-refractivity contribution in [2.45, 2.75) is 0 Å². The molecule has 0 saturated carbocycles. The van der Waals surface area contributed by atoms with E-state index in [0.717, 1.165) is 66.4 Å². The van der Waals surface area contributed by atoms with E-state index in [1.165, 1.54) is 10.8 Å². The first kappa shape index (κ1) is 25.0. The molecule has 202 valence electrons. The van der Waals surface area contributed by atoms with Crippen LogP contribution in [0.5, 0.6) is 0 Å².